The van der Waals surface area contributed by atoms with E-state index in [-0.39, 0.29) is 0 Å². The predicted octanol–water partition coefficient (Wildman–Crippen LogP) is 4.05. The maximum Gasteiger partial charge on any atom is 0.206 e. The number of thiophene rings is 1. The van der Waals surface area contributed by atoms with Gasteiger partial charge >= 0.3 is 0 Å². The van der Waals surface area contributed by atoms with Crippen molar-refractivity contribution in [3.63, 3.8) is 0 Å². The van der Waals surface area contributed by atoms with Crippen LogP contribution in [-0.2, 0) is 4.74 Å². The van der Waals surface area contributed by atoms with E-state index in [1.807, 2.05) is 35.2 Å². The van der Waals surface area contributed by atoms with Crippen LogP contribution in [0.15, 0.2) is 57.3 Å². The third-order valence-electron chi connectivity index (χ3n) is 4.40. The molecular weight excluding hydrogens is 412 g/mol. The molecule has 2 aromatic heterocycles. The Morgan fingerprint density at radius 3 is 2.82 bits per heavy atom. The quantitative estimate of drug-likeness (QED) is 0.551. The van der Waals surface area contributed by atoms with Crippen LogP contribution in [0.3, 0.4) is 0 Å². The minimum atomic E-state index is 0.702. The number of halogens is 1. The second-order valence-electron chi connectivity index (χ2n) is 6.33. The van der Waals surface area contributed by atoms with Crippen LogP contribution in [0, 0.1) is 0 Å². The lowest BCUT2D eigenvalue weighted by Crippen LogP contribution is -2.38. The Bertz CT molecular complexity index is 988. The lowest BCUT2D eigenvalue weighted by atomic mass is 10.2. The zero-order chi connectivity index (χ0) is 19.2. The molecule has 0 amide bonds. The lowest BCUT2D eigenvalue weighted by Gasteiger charge is -2.25. The molecule has 0 unspecified atom stereocenters. The summed E-state index contributed by atoms with van der Waals surface area (Å²) >= 11 is 9.42. The van der Waals surface area contributed by atoms with E-state index in [2.05, 4.69) is 27.8 Å². The molecule has 0 aliphatic carbocycles. The number of morpholine rings is 1. The first-order valence-corrected chi connectivity index (χ1v) is 11.3. The van der Waals surface area contributed by atoms with Crippen LogP contribution >= 0.6 is 34.3 Å². The summed E-state index contributed by atoms with van der Waals surface area (Å²) < 4.78 is 7.34. The highest BCUT2D eigenvalue weighted by atomic mass is 35.5. The number of rotatable bonds is 6. The van der Waals surface area contributed by atoms with E-state index in [0.717, 1.165) is 55.5 Å². The number of hydrogen-bond donors (Lipinski definition) is 0. The SMILES string of the molecule is Clc1cccc(/C=N/n2c(-c3cccs3)csc2=NCCN2CCOCC2)c1. The minimum Gasteiger partial charge on any atom is -0.379 e. The molecule has 3 heterocycles. The average Bonchev–Trinajstić information content (AvgIpc) is 3.37. The molecule has 1 aromatic carbocycles. The van der Waals surface area contributed by atoms with Crippen molar-refractivity contribution in [2.24, 2.45) is 10.1 Å². The van der Waals surface area contributed by atoms with E-state index in [0.29, 0.717) is 5.02 Å². The Balaban J connectivity index is 1.59. The Hall–Kier alpha value is -1.77. The van der Waals surface area contributed by atoms with Gasteiger partial charge in [-0.25, -0.2) is 4.68 Å². The summed E-state index contributed by atoms with van der Waals surface area (Å²) in [5, 5.41) is 9.62. The number of ether oxygens (including phenoxy) is 1. The van der Waals surface area contributed by atoms with Crippen molar-refractivity contribution < 1.29 is 4.74 Å². The van der Waals surface area contributed by atoms with Gasteiger partial charge in [0, 0.05) is 30.0 Å². The molecule has 8 heteroatoms. The van der Waals surface area contributed by atoms with Gasteiger partial charge in [0.1, 0.15) is 0 Å². The van der Waals surface area contributed by atoms with E-state index in [1.54, 1.807) is 22.7 Å². The van der Waals surface area contributed by atoms with Gasteiger partial charge in [-0.05, 0) is 29.1 Å². The van der Waals surface area contributed by atoms with Crippen molar-refractivity contribution in [1.29, 1.82) is 0 Å². The number of nitrogens with zero attached hydrogens (tertiary/aromatic N) is 4. The molecule has 146 valence electrons. The van der Waals surface area contributed by atoms with Gasteiger partial charge in [-0.1, -0.05) is 29.8 Å². The first-order chi connectivity index (χ1) is 13.8. The summed E-state index contributed by atoms with van der Waals surface area (Å²) in [6, 6.07) is 11.8. The molecule has 0 N–H and O–H groups in total. The Morgan fingerprint density at radius 1 is 1.14 bits per heavy atom. The van der Waals surface area contributed by atoms with Gasteiger partial charge < -0.3 is 4.74 Å². The Kier molecular flexibility index (Phi) is 6.72. The van der Waals surface area contributed by atoms with Crippen molar-refractivity contribution in [3.05, 3.63) is 62.5 Å². The maximum atomic E-state index is 6.09. The Morgan fingerprint density at radius 2 is 2.04 bits per heavy atom. The summed E-state index contributed by atoms with van der Waals surface area (Å²) in [5.74, 6) is 0. The van der Waals surface area contributed by atoms with E-state index in [4.69, 9.17) is 26.4 Å². The molecule has 5 nitrogen and oxygen atoms in total. The molecule has 3 aromatic rings. The fraction of sp³-hybridized carbons (Fsp3) is 0.300. The fourth-order valence-electron chi connectivity index (χ4n) is 2.94. The van der Waals surface area contributed by atoms with Crippen molar-refractivity contribution in [3.8, 4) is 10.6 Å². The zero-order valence-electron chi connectivity index (χ0n) is 15.3. The number of benzene rings is 1. The molecule has 1 saturated heterocycles. The third kappa shape index (κ3) is 4.98. The van der Waals surface area contributed by atoms with Gasteiger partial charge in [-0.15, -0.1) is 22.7 Å². The Labute approximate surface area is 177 Å². The maximum absolute atomic E-state index is 6.09. The second kappa shape index (κ2) is 9.62. The molecule has 1 aliphatic rings. The predicted molar refractivity (Wildman–Crippen MR) is 118 cm³/mol. The molecule has 0 bridgehead atoms. The average molecular weight is 433 g/mol. The van der Waals surface area contributed by atoms with Crippen LogP contribution in [0.1, 0.15) is 5.56 Å². The fourth-order valence-corrected chi connectivity index (χ4v) is 4.79. The van der Waals surface area contributed by atoms with Crippen molar-refractivity contribution in [1.82, 2.24) is 9.58 Å². The summed E-state index contributed by atoms with van der Waals surface area (Å²) in [4.78, 5) is 9.29. The van der Waals surface area contributed by atoms with E-state index in [9.17, 15) is 0 Å². The topological polar surface area (TPSA) is 42.1 Å². The largest absolute Gasteiger partial charge is 0.379 e. The monoisotopic (exact) mass is 432 g/mol. The molecular formula is C20H21ClN4OS2. The van der Waals surface area contributed by atoms with Crippen molar-refractivity contribution >= 4 is 40.5 Å². The molecule has 0 radical (unpaired) electrons. The molecule has 28 heavy (non-hydrogen) atoms. The van der Waals surface area contributed by atoms with Crippen molar-refractivity contribution in [2.45, 2.75) is 0 Å². The molecule has 4 rings (SSSR count). The van der Waals surface area contributed by atoms with Gasteiger partial charge in [0.2, 0.25) is 4.80 Å². The minimum absolute atomic E-state index is 0.702. The summed E-state index contributed by atoms with van der Waals surface area (Å²) in [6.45, 7) is 5.27. The van der Waals surface area contributed by atoms with Crippen LogP contribution in [0.25, 0.3) is 10.6 Å². The highest BCUT2D eigenvalue weighted by molar-refractivity contribution is 7.14. The van der Waals surface area contributed by atoms with Gasteiger partial charge in [-0.3, -0.25) is 9.89 Å². The van der Waals surface area contributed by atoms with Crippen LogP contribution in [-0.4, -0.2) is 55.2 Å². The highest BCUT2D eigenvalue weighted by Crippen LogP contribution is 2.25. The number of aromatic nitrogens is 1. The molecule has 0 saturated carbocycles. The van der Waals surface area contributed by atoms with Gasteiger partial charge in [0.15, 0.2) is 0 Å². The van der Waals surface area contributed by atoms with Crippen LogP contribution in [0.5, 0.6) is 0 Å². The van der Waals surface area contributed by atoms with Crippen LogP contribution < -0.4 is 4.80 Å². The van der Waals surface area contributed by atoms with Gasteiger partial charge in [-0.2, -0.15) is 5.10 Å². The highest BCUT2D eigenvalue weighted by Gasteiger charge is 2.10. The molecule has 0 atom stereocenters. The lowest BCUT2D eigenvalue weighted by molar-refractivity contribution is 0.0393. The van der Waals surface area contributed by atoms with Gasteiger partial charge in [0.25, 0.3) is 0 Å². The standard InChI is InChI=1S/C20H21ClN4OS2/c21-17-4-1-3-16(13-17)14-23-25-18(19-5-2-12-27-19)15-28-20(25)22-6-7-24-8-10-26-11-9-24/h1-5,12-15H,6-11H2/b22-20?,23-14+. The molecule has 1 fully saturated rings. The van der Waals surface area contributed by atoms with E-state index in [1.165, 1.54) is 4.88 Å². The van der Waals surface area contributed by atoms with Gasteiger partial charge in [0.05, 0.1) is 36.5 Å². The van der Waals surface area contributed by atoms with Crippen LogP contribution in [0.4, 0.5) is 0 Å². The second-order valence-corrected chi connectivity index (χ2v) is 8.55. The smallest absolute Gasteiger partial charge is 0.206 e. The van der Waals surface area contributed by atoms with Crippen molar-refractivity contribution in [2.75, 3.05) is 39.4 Å². The van der Waals surface area contributed by atoms with E-state index < -0.39 is 0 Å². The van der Waals surface area contributed by atoms with E-state index >= 15 is 0 Å². The summed E-state index contributed by atoms with van der Waals surface area (Å²) in [7, 11) is 0. The van der Waals surface area contributed by atoms with Crippen LogP contribution in [0.2, 0.25) is 5.02 Å². The molecule has 0 spiro atoms. The zero-order valence-corrected chi connectivity index (χ0v) is 17.7. The molecule has 1 aliphatic heterocycles. The third-order valence-corrected chi connectivity index (χ3v) is 6.38. The number of thiazole rings is 1. The summed E-state index contributed by atoms with van der Waals surface area (Å²) in [6.07, 6.45) is 1.83. The normalized spacial score (nSPS) is 16.2. The number of hydrogen-bond acceptors (Lipinski definition) is 6. The first-order valence-electron chi connectivity index (χ1n) is 9.14. The summed E-state index contributed by atoms with van der Waals surface area (Å²) in [5.41, 5.74) is 2.02. The first kappa shape index (κ1) is 19.5.